The Bertz CT molecular complexity index is 394. The zero-order chi connectivity index (χ0) is 14.0. The van der Waals surface area contributed by atoms with Crippen molar-refractivity contribution in [3.05, 3.63) is 0 Å². The standard InChI is InChI=1S/C13H19NO5/c1-19-11(15)6-10(13(17)18)14-12(16)9-5-7-2-3-8(9)4-7/h7-10H,2-6H2,1H3,(H,14,16)(H,17,18)/t7?,8?,9?,10-/m0/s1. The van der Waals surface area contributed by atoms with Crippen molar-refractivity contribution >= 4 is 17.8 Å². The number of carbonyl (C=O) groups is 3. The van der Waals surface area contributed by atoms with Crippen LogP contribution < -0.4 is 5.32 Å². The highest BCUT2D eigenvalue weighted by Gasteiger charge is 2.43. The Labute approximate surface area is 111 Å². The molecule has 0 aromatic carbocycles. The summed E-state index contributed by atoms with van der Waals surface area (Å²) in [5.74, 6) is -1.16. The van der Waals surface area contributed by atoms with Gasteiger partial charge in [-0.25, -0.2) is 4.79 Å². The number of carbonyl (C=O) groups excluding carboxylic acids is 2. The van der Waals surface area contributed by atoms with Crippen LogP contribution in [-0.4, -0.2) is 36.1 Å². The molecule has 0 aliphatic heterocycles. The summed E-state index contributed by atoms with van der Waals surface area (Å²) in [6.07, 6.45) is 3.82. The molecule has 2 fully saturated rings. The zero-order valence-electron chi connectivity index (χ0n) is 10.9. The third-order valence-electron chi connectivity index (χ3n) is 4.29. The molecule has 3 unspecified atom stereocenters. The van der Waals surface area contributed by atoms with Gasteiger partial charge >= 0.3 is 11.9 Å². The van der Waals surface area contributed by atoms with Crippen LogP contribution in [0.4, 0.5) is 0 Å². The summed E-state index contributed by atoms with van der Waals surface area (Å²) < 4.78 is 4.43. The molecule has 0 aromatic heterocycles. The molecule has 0 heterocycles. The number of amides is 1. The highest BCUT2D eigenvalue weighted by Crippen LogP contribution is 2.48. The minimum absolute atomic E-state index is 0.0850. The van der Waals surface area contributed by atoms with E-state index in [1.807, 2.05) is 0 Å². The number of fused-ring (bicyclic) bond motifs is 2. The van der Waals surface area contributed by atoms with Crippen LogP contribution in [0.2, 0.25) is 0 Å². The van der Waals surface area contributed by atoms with Gasteiger partial charge in [-0.3, -0.25) is 9.59 Å². The van der Waals surface area contributed by atoms with E-state index in [4.69, 9.17) is 5.11 Å². The summed E-state index contributed by atoms with van der Waals surface area (Å²) in [6.45, 7) is 0. The Morgan fingerprint density at radius 1 is 1.32 bits per heavy atom. The topological polar surface area (TPSA) is 92.7 Å². The second-order valence-electron chi connectivity index (χ2n) is 5.46. The van der Waals surface area contributed by atoms with E-state index >= 15 is 0 Å². The average Bonchev–Trinajstić information content (AvgIpc) is 2.99. The molecule has 6 heteroatoms. The molecule has 0 aromatic rings. The maximum atomic E-state index is 12.1. The highest BCUT2D eigenvalue weighted by atomic mass is 16.5. The van der Waals surface area contributed by atoms with Crippen molar-refractivity contribution < 1.29 is 24.2 Å². The normalized spacial score (nSPS) is 29.8. The largest absolute Gasteiger partial charge is 0.480 e. The highest BCUT2D eigenvalue weighted by molar-refractivity contribution is 5.88. The second-order valence-corrected chi connectivity index (χ2v) is 5.46. The molecule has 6 nitrogen and oxygen atoms in total. The fourth-order valence-corrected chi connectivity index (χ4v) is 3.29. The number of hydrogen-bond acceptors (Lipinski definition) is 4. The Balaban J connectivity index is 1.91. The molecule has 4 atom stereocenters. The van der Waals surface area contributed by atoms with E-state index in [0.717, 1.165) is 19.3 Å². The summed E-state index contributed by atoms with van der Waals surface area (Å²) >= 11 is 0. The quantitative estimate of drug-likeness (QED) is 0.711. The Morgan fingerprint density at radius 3 is 2.53 bits per heavy atom. The first kappa shape index (κ1) is 13.8. The summed E-state index contributed by atoms with van der Waals surface area (Å²) in [5, 5.41) is 11.5. The van der Waals surface area contributed by atoms with Crippen molar-refractivity contribution in [3.63, 3.8) is 0 Å². The summed E-state index contributed by atoms with van der Waals surface area (Å²) in [7, 11) is 1.19. The molecule has 0 saturated heterocycles. The van der Waals surface area contributed by atoms with Crippen molar-refractivity contribution in [2.75, 3.05) is 7.11 Å². The van der Waals surface area contributed by atoms with Gasteiger partial charge in [0.05, 0.1) is 13.5 Å². The van der Waals surface area contributed by atoms with E-state index in [0.29, 0.717) is 11.8 Å². The minimum atomic E-state index is -1.21. The van der Waals surface area contributed by atoms with Crippen molar-refractivity contribution in [3.8, 4) is 0 Å². The van der Waals surface area contributed by atoms with E-state index in [1.165, 1.54) is 13.5 Å². The van der Waals surface area contributed by atoms with Crippen molar-refractivity contribution in [2.45, 2.75) is 38.1 Å². The van der Waals surface area contributed by atoms with Crippen LogP contribution in [0, 0.1) is 17.8 Å². The van der Waals surface area contributed by atoms with E-state index in [9.17, 15) is 14.4 Å². The van der Waals surface area contributed by atoms with Crippen LogP contribution >= 0.6 is 0 Å². The van der Waals surface area contributed by atoms with Gasteiger partial charge in [0.15, 0.2) is 0 Å². The van der Waals surface area contributed by atoms with Crippen LogP contribution in [0.3, 0.4) is 0 Å². The number of rotatable bonds is 5. The predicted molar refractivity (Wildman–Crippen MR) is 65.1 cm³/mol. The molecule has 2 aliphatic carbocycles. The van der Waals surface area contributed by atoms with Crippen LogP contribution in [0.5, 0.6) is 0 Å². The number of carboxylic acid groups (broad SMARTS) is 1. The number of nitrogens with one attached hydrogen (secondary N) is 1. The van der Waals surface area contributed by atoms with E-state index in [2.05, 4.69) is 10.1 Å². The van der Waals surface area contributed by atoms with Gasteiger partial charge in [-0.05, 0) is 31.1 Å². The van der Waals surface area contributed by atoms with Crippen LogP contribution in [0.15, 0.2) is 0 Å². The van der Waals surface area contributed by atoms with Gasteiger partial charge in [-0.15, -0.1) is 0 Å². The van der Waals surface area contributed by atoms with Crippen molar-refractivity contribution in [2.24, 2.45) is 17.8 Å². The molecule has 2 aliphatic rings. The van der Waals surface area contributed by atoms with Gasteiger partial charge in [-0.1, -0.05) is 6.42 Å². The van der Waals surface area contributed by atoms with E-state index in [-0.39, 0.29) is 18.2 Å². The maximum absolute atomic E-state index is 12.1. The lowest BCUT2D eigenvalue weighted by atomic mass is 9.88. The Kier molecular flexibility index (Phi) is 4.07. The number of methoxy groups -OCH3 is 1. The van der Waals surface area contributed by atoms with Gasteiger partial charge in [0.2, 0.25) is 5.91 Å². The summed E-state index contributed by atoms with van der Waals surface area (Å²) in [4.78, 5) is 34.3. The molecule has 2 saturated carbocycles. The lowest BCUT2D eigenvalue weighted by Crippen LogP contribution is -2.45. The number of hydrogen-bond donors (Lipinski definition) is 2. The average molecular weight is 269 g/mol. The molecule has 19 heavy (non-hydrogen) atoms. The molecule has 0 spiro atoms. The Morgan fingerprint density at radius 2 is 2.05 bits per heavy atom. The zero-order valence-corrected chi connectivity index (χ0v) is 10.9. The smallest absolute Gasteiger partial charge is 0.326 e. The third-order valence-corrected chi connectivity index (χ3v) is 4.29. The molecule has 2 rings (SSSR count). The predicted octanol–water partition coefficient (Wildman–Crippen LogP) is 0.555. The van der Waals surface area contributed by atoms with Crippen LogP contribution in [-0.2, 0) is 19.1 Å². The fourth-order valence-electron chi connectivity index (χ4n) is 3.29. The van der Waals surface area contributed by atoms with Crippen molar-refractivity contribution in [1.82, 2.24) is 5.32 Å². The number of esters is 1. The van der Waals surface area contributed by atoms with Gasteiger partial charge in [0, 0.05) is 5.92 Å². The van der Waals surface area contributed by atoms with Gasteiger partial charge < -0.3 is 15.2 Å². The molecule has 2 N–H and O–H groups in total. The first-order chi connectivity index (χ1) is 9.01. The van der Waals surface area contributed by atoms with Crippen LogP contribution in [0.25, 0.3) is 0 Å². The van der Waals surface area contributed by atoms with Gasteiger partial charge in [-0.2, -0.15) is 0 Å². The van der Waals surface area contributed by atoms with Crippen molar-refractivity contribution in [1.29, 1.82) is 0 Å². The van der Waals surface area contributed by atoms with E-state index < -0.39 is 18.0 Å². The van der Waals surface area contributed by atoms with Gasteiger partial charge in [0.25, 0.3) is 0 Å². The maximum Gasteiger partial charge on any atom is 0.326 e. The lowest BCUT2D eigenvalue weighted by Gasteiger charge is -2.22. The SMILES string of the molecule is COC(=O)C[C@H](NC(=O)C1CC2CCC1C2)C(=O)O. The number of ether oxygens (including phenoxy) is 1. The molecular weight excluding hydrogens is 250 g/mol. The molecule has 2 bridgehead atoms. The van der Waals surface area contributed by atoms with Gasteiger partial charge in [0.1, 0.15) is 6.04 Å². The van der Waals surface area contributed by atoms with Crippen LogP contribution in [0.1, 0.15) is 32.1 Å². The monoisotopic (exact) mass is 269 g/mol. The number of carboxylic acids is 1. The summed E-state index contributed by atoms with van der Waals surface area (Å²) in [5.41, 5.74) is 0. The lowest BCUT2D eigenvalue weighted by molar-refractivity contribution is -0.149. The molecule has 0 radical (unpaired) electrons. The summed E-state index contributed by atoms with van der Waals surface area (Å²) in [6, 6.07) is -1.20. The molecule has 106 valence electrons. The number of aliphatic carboxylic acids is 1. The molecular formula is C13H19NO5. The van der Waals surface area contributed by atoms with E-state index in [1.54, 1.807) is 0 Å². The second kappa shape index (κ2) is 5.59. The Hall–Kier alpha value is -1.59. The third kappa shape index (κ3) is 3.05. The first-order valence-electron chi connectivity index (χ1n) is 6.61. The fraction of sp³-hybridized carbons (Fsp3) is 0.769. The first-order valence-corrected chi connectivity index (χ1v) is 6.61. The minimum Gasteiger partial charge on any atom is -0.480 e. The molecule has 1 amide bonds.